The van der Waals surface area contributed by atoms with Crippen molar-refractivity contribution in [3.63, 3.8) is 0 Å². The van der Waals surface area contributed by atoms with Gasteiger partial charge in [0.15, 0.2) is 9.92 Å². The first-order valence-corrected chi connectivity index (χ1v) is 12.5. The number of aromatic nitrogens is 3. The van der Waals surface area contributed by atoms with Crippen LogP contribution < -0.4 is 4.72 Å². The van der Waals surface area contributed by atoms with Crippen molar-refractivity contribution in [2.75, 3.05) is 7.05 Å². The van der Waals surface area contributed by atoms with Crippen molar-refractivity contribution in [1.29, 1.82) is 0 Å². The van der Waals surface area contributed by atoms with Gasteiger partial charge in [-0.3, -0.25) is 14.6 Å². The van der Waals surface area contributed by atoms with Gasteiger partial charge in [-0.15, -0.1) is 0 Å². The van der Waals surface area contributed by atoms with E-state index in [0.29, 0.717) is 21.5 Å². The Hall–Kier alpha value is -3.44. The number of amides is 1. The second-order valence-electron chi connectivity index (χ2n) is 7.11. The van der Waals surface area contributed by atoms with Gasteiger partial charge in [-0.05, 0) is 43.3 Å². The number of hydrogen-bond donors (Lipinski definition) is 2. The highest BCUT2D eigenvalue weighted by Crippen LogP contribution is 2.28. The van der Waals surface area contributed by atoms with Crippen molar-refractivity contribution in [1.82, 2.24) is 19.5 Å². The van der Waals surface area contributed by atoms with E-state index in [9.17, 15) is 17.4 Å². The molecule has 11 heteroatoms. The SMILES string of the molecule is CN=S(=O)(NC(=O)c1cc(S(=O)(=O)c2ccc3[nH]ncc3c2)c(C)n1C)c1ccccc1. The molecule has 2 aromatic heterocycles. The molecule has 4 aromatic rings. The number of H-pyrrole nitrogens is 1. The summed E-state index contributed by atoms with van der Waals surface area (Å²) in [7, 11) is -4.21. The molecule has 0 saturated heterocycles. The van der Waals surface area contributed by atoms with Crippen LogP contribution in [0.25, 0.3) is 10.9 Å². The molecule has 0 spiro atoms. The van der Waals surface area contributed by atoms with Crippen LogP contribution in [0.1, 0.15) is 16.2 Å². The average molecular weight is 472 g/mol. The molecule has 1 atom stereocenters. The molecule has 1 unspecified atom stereocenters. The van der Waals surface area contributed by atoms with Gasteiger partial charge < -0.3 is 4.57 Å². The molecule has 4 rings (SSSR count). The maximum absolute atomic E-state index is 13.3. The molecule has 0 aliphatic rings. The lowest BCUT2D eigenvalue weighted by Crippen LogP contribution is -2.31. The molecule has 2 heterocycles. The van der Waals surface area contributed by atoms with Crippen molar-refractivity contribution >= 4 is 36.6 Å². The van der Waals surface area contributed by atoms with E-state index in [-0.39, 0.29) is 15.5 Å². The largest absolute Gasteiger partial charge is 0.343 e. The minimum Gasteiger partial charge on any atom is -0.343 e. The number of hydrogen-bond acceptors (Lipinski definition) is 6. The molecule has 32 heavy (non-hydrogen) atoms. The Morgan fingerprint density at radius 1 is 1.06 bits per heavy atom. The molecule has 0 saturated carbocycles. The Morgan fingerprint density at radius 2 is 1.78 bits per heavy atom. The highest BCUT2D eigenvalue weighted by atomic mass is 32.2. The van der Waals surface area contributed by atoms with Crippen LogP contribution in [0.2, 0.25) is 0 Å². The summed E-state index contributed by atoms with van der Waals surface area (Å²) >= 11 is 0. The van der Waals surface area contributed by atoms with Crippen molar-refractivity contribution in [2.24, 2.45) is 11.4 Å². The minimum absolute atomic E-state index is 0.00681. The highest BCUT2D eigenvalue weighted by Gasteiger charge is 2.27. The molecular formula is C21H21N5O4S2. The first-order chi connectivity index (χ1) is 15.2. The number of sulfone groups is 1. The third-order valence-electron chi connectivity index (χ3n) is 5.28. The van der Waals surface area contributed by atoms with Gasteiger partial charge in [-0.1, -0.05) is 18.2 Å². The molecule has 0 aliphatic heterocycles. The lowest BCUT2D eigenvalue weighted by molar-refractivity contribution is 0.0974. The van der Waals surface area contributed by atoms with Crippen molar-refractivity contribution in [2.45, 2.75) is 21.6 Å². The highest BCUT2D eigenvalue weighted by molar-refractivity contribution is 7.92. The standard InChI is InChI=1S/C21H21N5O4S2/c1-14-20(31(28,29)17-9-10-18-15(11-17)13-23-24-18)12-19(26(14)3)21(27)25-32(30,22-2)16-7-5-4-6-8-16/h4-13H,1-3H3,(H,23,24)(H,22,25,27,30). The van der Waals surface area contributed by atoms with Crippen LogP contribution in [0, 0.1) is 6.92 Å². The van der Waals surface area contributed by atoms with Gasteiger partial charge in [0.25, 0.3) is 5.91 Å². The Labute approximate surface area is 185 Å². The van der Waals surface area contributed by atoms with Crippen molar-refractivity contribution in [3.05, 3.63) is 72.2 Å². The third kappa shape index (κ3) is 3.59. The summed E-state index contributed by atoms with van der Waals surface area (Å²) in [4.78, 5) is 13.4. The van der Waals surface area contributed by atoms with Crippen molar-refractivity contribution < 1.29 is 17.4 Å². The Balaban J connectivity index is 1.73. The zero-order valence-electron chi connectivity index (χ0n) is 17.6. The lowest BCUT2D eigenvalue weighted by Gasteiger charge is -2.12. The molecule has 166 valence electrons. The summed E-state index contributed by atoms with van der Waals surface area (Å²) in [5.41, 5.74) is 1.15. The van der Waals surface area contributed by atoms with E-state index in [4.69, 9.17) is 0 Å². The van der Waals surface area contributed by atoms with Crippen LogP contribution in [0.4, 0.5) is 0 Å². The first-order valence-electron chi connectivity index (χ1n) is 9.54. The second-order valence-corrected chi connectivity index (χ2v) is 11.1. The number of nitrogens with one attached hydrogen (secondary N) is 2. The number of carbonyl (C=O) groups excluding carboxylic acids is 1. The molecule has 2 N–H and O–H groups in total. The fourth-order valence-corrected chi connectivity index (χ4v) is 6.25. The van der Waals surface area contributed by atoms with Gasteiger partial charge >= 0.3 is 0 Å². The van der Waals surface area contributed by atoms with Crippen LogP contribution >= 0.6 is 0 Å². The van der Waals surface area contributed by atoms with Crippen LogP contribution in [-0.2, 0) is 26.8 Å². The molecule has 0 bridgehead atoms. The summed E-state index contributed by atoms with van der Waals surface area (Å²) in [6, 6.07) is 14.3. The van der Waals surface area contributed by atoms with Gasteiger partial charge in [-0.25, -0.2) is 17.0 Å². The summed E-state index contributed by atoms with van der Waals surface area (Å²) < 4.78 is 47.7. The molecule has 0 radical (unpaired) electrons. The van der Waals surface area contributed by atoms with E-state index in [1.54, 1.807) is 56.6 Å². The molecule has 1 amide bonds. The topological polar surface area (TPSA) is 126 Å². The van der Waals surface area contributed by atoms with E-state index < -0.39 is 25.7 Å². The predicted octanol–water partition coefficient (Wildman–Crippen LogP) is 2.84. The molecular weight excluding hydrogens is 450 g/mol. The first kappa shape index (κ1) is 21.8. The van der Waals surface area contributed by atoms with Crippen LogP contribution in [0.15, 0.2) is 79.8 Å². The van der Waals surface area contributed by atoms with Crippen LogP contribution in [-0.4, -0.2) is 40.3 Å². The van der Waals surface area contributed by atoms with E-state index >= 15 is 0 Å². The monoisotopic (exact) mass is 471 g/mol. The van der Waals surface area contributed by atoms with E-state index in [0.717, 1.165) is 0 Å². The number of rotatable bonds is 5. The lowest BCUT2D eigenvalue weighted by atomic mass is 10.3. The van der Waals surface area contributed by atoms with Gasteiger partial charge in [-0.2, -0.15) is 5.10 Å². The summed E-state index contributed by atoms with van der Waals surface area (Å²) in [5.74, 6) is -0.693. The Bertz CT molecular complexity index is 1560. The number of fused-ring (bicyclic) bond motifs is 1. The summed E-state index contributed by atoms with van der Waals surface area (Å²) in [6.45, 7) is 1.61. The van der Waals surface area contributed by atoms with Crippen LogP contribution in [0.3, 0.4) is 0 Å². The predicted molar refractivity (Wildman–Crippen MR) is 120 cm³/mol. The second kappa shape index (κ2) is 7.92. The van der Waals surface area contributed by atoms with Gasteiger partial charge in [0.1, 0.15) is 5.69 Å². The van der Waals surface area contributed by atoms with E-state index in [1.165, 1.54) is 29.8 Å². The Kier molecular flexibility index (Phi) is 5.39. The maximum Gasteiger partial charge on any atom is 0.280 e. The van der Waals surface area contributed by atoms with E-state index in [2.05, 4.69) is 19.3 Å². The van der Waals surface area contributed by atoms with Crippen LogP contribution in [0.5, 0.6) is 0 Å². The quantitative estimate of drug-likeness (QED) is 0.463. The molecule has 2 aromatic carbocycles. The number of carbonyl (C=O) groups is 1. The maximum atomic E-state index is 13.3. The number of nitrogens with zero attached hydrogens (tertiary/aromatic N) is 3. The fourth-order valence-electron chi connectivity index (χ4n) is 3.37. The summed E-state index contributed by atoms with van der Waals surface area (Å²) in [5, 5.41) is 7.35. The third-order valence-corrected chi connectivity index (χ3v) is 9.04. The average Bonchev–Trinajstić information content (AvgIpc) is 3.38. The summed E-state index contributed by atoms with van der Waals surface area (Å²) in [6.07, 6.45) is 1.54. The fraction of sp³-hybridized carbons (Fsp3) is 0.143. The van der Waals surface area contributed by atoms with E-state index in [1.807, 2.05) is 0 Å². The number of benzene rings is 2. The van der Waals surface area contributed by atoms with Gasteiger partial charge in [0, 0.05) is 25.2 Å². The normalized spacial score (nSPS) is 13.6. The molecule has 0 fully saturated rings. The zero-order chi connectivity index (χ0) is 23.1. The molecule has 9 nitrogen and oxygen atoms in total. The zero-order valence-corrected chi connectivity index (χ0v) is 19.2. The molecule has 0 aliphatic carbocycles. The minimum atomic E-state index is -3.91. The number of aromatic amines is 1. The smallest absolute Gasteiger partial charge is 0.280 e. The Morgan fingerprint density at radius 3 is 2.47 bits per heavy atom. The van der Waals surface area contributed by atoms with Gasteiger partial charge in [0.2, 0.25) is 9.84 Å². The van der Waals surface area contributed by atoms with Crippen molar-refractivity contribution in [3.8, 4) is 0 Å². The van der Waals surface area contributed by atoms with Gasteiger partial charge in [0.05, 0.1) is 26.4 Å².